The van der Waals surface area contributed by atoms with Crippen LogP contribution in [-0.4, -0.2) is 41.4 Å². The number of phenols is 1. The van der Waals surface area contributed by atoms with E-state index in [1.807, 2.05) is 0 Å². The van der Waals surface area contributed by atoms with E-state index in [0.717, 1.165) is 12.5 Å². The van der Waals surface area contributed by atoms with Crippen LogP contribution in [0.25, 0.3) is 6.08 Å². The van der Waals surface area contributed by atoms with Gasteiger partial charge in [0.1, 0.15) is 17.1 Å². The molecule has 8 nitrogen and oxygen atoms in total. The van der Waals surface area contributed by atoms with Gasteiger partial charge in [-0.2, -0.15) is 8.42 Å². The molecule has 0 spiro atoms. The smallest absolute Gasteiger partial charge is 0.446 e. The summed E-state index contributed by atoms with van der Waals surface area (Å²) in [5.74, 6) is -1.61. The largest absolute Gasteiger partial charge is 0.507 e. The van der Waals surface area contributed by atoms with E-state index in [9.17, 15) is 23.4 Å². The monoisotopic (exact) mass is 400 g/mol. The second-order valence-corrected chi connectivity index (χ2v) is 7.57. The summed E-state index contributed by atoms with van der Waals surface area (Å²) in [4.78, 5) is 12.5. The number of carbonyl (C=O) groups is 1. The molecule has 1 aromatic rings. The van der Waals surface area contributed by atoms with E-state index >= 15 is 0 Å². The van der Waals surface area contributed by atoms with Crippen LogP contribution >= 0.6 is 0 Å². The highest BCUT2D eigenvalue weighted by molar-refractivity contribution is 7.81. The van der Waals surface area contributed by atoms with Gasteiger partial charge in [0.2, 0.25) is 0 Å². The molecule has 1 aromatic carbocycles. The van der Waals surface area contributed by atoms with Crippen LogP contribution in [0.4, 0.5) is 0 Å². The standard InChI is InChI=1S/C18H24O8S/c1-12-6-5-9-14(19)8-4-2-3-7-13-10-15(26-27(22,23)24)11-16(20)17(13)18(21)25-12/h3,7,10-12,14,19-20H,2,4-6,8-9H2,1H3,(H,22,23,24)/t12-,14+/m0/s1. The molecule has 2 rings (SSSR count). The first-order valence-electron chi connectivity index (χ1n) is 8.75. The molecule has 0 radical (unpaired) electrons. The van der Waals surface area contributed by atoms with Crippen molar-refractivity contribution in [2.24, 2.45) is 0 Å². The molecule has 0 bridgehead atoms. The summed E-state index contributed by atoms with van der Waals surface area (Å²) in [6.07, 6.45) is 6.34. The Bertz CT molecular complexity index is 800. The number of aliphatic hydroxyl groups excluding tert-OH is 1. The third kappa shape index (κ3) is 6.85. The molecule has 3 N–H and O–H groups in total. The third-order valence-corrected chi connectivity index (χ3v) is 4.59. The molecule has 1 heterocycles. The molecule has 0 fully saturated rings. The highest BCUT2D eigenvalue weighted by atomic mass is 32.3. The first-order chi connectivity index (χ1) is 12.7. The van der Waals surface area contributed by atoms with Crippen molar-refractivity contribution in [1.29, 1.82) is 0 Å². The third-order valence-electron chi connectivity index (χ3n) is 4.19. The number of rotatable bonds is 2. The van der Waals surface area contributed by atoms with E-state index in [1.54, 1.807) is 13.0 Å². The Morgan fingerprint density at radius 3 is 2.59 bits per heavy atom. The van der Waals surface area contributed by atoms with Crippen molar-refractivity contribution in [2.45, 2.75) is 57.7 Å². The quantitative estimate of drug-likeness (QED) is 0.510. The molecule has 0 aliphatic carbocycles. The Kier molecular flexibility index (Phi) is 7.23. The number of phenolic OH excluding ortho intramolecular Hbond substituents is 1. The van der Waals surface area contributed by atoms with Crippen molar-refractivity contribution in [3.63, 3.8) is 0 Å². The normalized spacial score (nSPS) is 22.4. The van der Waals surface area contributed by atoms with Gasteiger partial charge in [0.25, 0.3) is 0 Å². The highest BCUT2D eigenvalue weighted by Gasteiger charge is 2.22. The van der Waals surface area contributed by atoms with Crippen LogP contribution in [0.3, 0.4) is 0 Å². The highest BCUT2D eigenvalue weighted by Crippen LogP contribution is 2.31. The Balaban J connectivity index is 2.39. The maximum absolute atomic E-state index is 12.5. The zero-order valence-corrected chi connectivity index (χ0v) is 15.8. The molecular formula is C18H24O8S. The number of fused-ring (bicyclic) bond motifs is 1. The van der Waals surface area contributed by atoms with E-state index in [2.05, 4.69) is 4.18 Å². The molecule has 27 heavy (non-hydrogen) atoms. The van der Waals surface area contributed by atoms with Crippen molar-refractivity contribution in [1.82, 2.24) is 0 Å². The maximum Gasteiger partial charge on any atom is 0.446 e. The van der Waals surface area contributed by atoms with Crippen molar-refractivity contribution in [2.75, 3.05) is 0 Å². The molecule has 2 atom stereocenters. The number of carbonyl (C=O) groups excluding carboxylic acids is 1. The summed E-state index contributed by atoms with van der Waals surface area (Å²) >= 11 is 0. The van der Waals surface area contributed by atoms with Gasteiger partial charge in [-0.05, 0) is 57.1 Å². The van der Waals surface area contributed by atoms with Gasteiger partial charge in [-0.3, -0.25) is 4.55 Å². The van der Waals surface area contributed by atoms with E-state index < -0.39 is 34.3 Å². The van der Waals surface area contributed by atoms with Crippen LogP contribution < -0.4 is 4.18 Å². The zero-order valence-electron chi connectivity index (χ0n) is 15.0. The number of allylic oxidation sites excluding steroid dienone is 1. The van der Waals surface area contributed by atoms with Gasteiger partial charge in [-0.25, -0.2) is 4.79 Å². The van der Waals surface area contributed by atoms with Gasteiger partial charge in [-0.1, -0.05) is 12.2 Å². The summed E-state index contributed by atoms with van der Waals surface area (Å²) in [6.45, 7) is 1.72. The maximum atomic E-state index is 12.5. The zero-order chi connectivity index (χ0) is 20.0. The molecule has 1 aliphatic rings. The number of hydrogen-bond donors (Lipinski definition) is 3. The minimum absolute atomic E-state index is 0.113. The molecule has 0 saturated heterocycles. The van der Waals surface area contributed by atoms with E-state index in [-0.39, 0.29) is 16.9 Å². The van der Waals surface area contributed by atoms with Crippen LogP contribution in [0.15, 0.2) is 18.2 Å². The van der Waals surface area contributed by atoms with Crippen LogP contribution in [-0.2, 0) is 15.1 Å². The average molecular weight is 400 g/mol. The van der Waals surface area contributed by atoms with Crippen LogP contribution in [0.5, 0.6) is 11.5 Å². The van der Waals surface area contributed by atoms with Gasteiger partial charge in [-0.15, -0.1) is 0 Å². The van der Waals surface area contributed by atoms with E-state index in [0.29, 0.717) is 32.1 Å². The van der Waals surface area contributed by atoms with Gasteiger partial charge in [0, 0.05) is 6.07 Å². The van der Waals surface area contributed by atoms with E-state index in [1.165, 1.54) is 12.1 Å². The fourth-order valence-corrected chi connectivity index (χ4v) is 3.25. The van der Waals surface area contributed by atoms with Crippen LogP contribution in [0, 0.1) is 0 Å². The van der Waals surface area contributed by atoms with Crippen LogP contribution in [0.1, 0.15) is 61.4 Å². The lowest BCUT2D eigenvalue weighted by Crippen LogP contribution is -2.17. The lowest BCUT2D eigenvalue weighted by atomic mass is 10.0. The second-order valence-electron chi connectivity index (χ2n) is 6.55. The van der Waals surface area contributed by atoms with Gasteiger partial charge in [0.15, 0.2) is 0 Å². The number of aromatic hydroxyl groups is 1. The first kappa shape index (κ1) is 21.2. The minimum atomic E-state index is -4.78. The fourth-order valence-electron chi connectivity index (χ4n) is 2.91. The van der Waals surface area contributed by atoms with Gasteiger partial charge >= 0.3 is 16.4 Å². The van der Waals surface area contributed by atoms with E-state index in [4.69, 9.17) is 9.29 Å². The molecule has 1 aliphatic heterocycles. The number of cyclic esters (lactones) is 1. The van der Waals surface area contributed by atoms with Crippen molar-refractivity contribution in [3.05, 3.63) is 29.3 Å². The molecule has 0 amide bonds. The van der Waals surface area contributed by atoms with Crippen molar-refractivity contribution >= 4 is 22.4 Å². The lowest BCUT2D eigenvalue weighted by molar-refractivity contribution is 0.0307. The second kappa shape index (κ2) is 9.20. The molecule has 0 aromatic heterocycles. The minimum Gasteiger partial charge on any atom is -0.507 e. The topological polar surface area (TPSA) is 130 Å². The summed E-state index contributed by atoms with van der Waals surface area (Å²) < 4.78 is 40.4. The predicted octanol–water partition coefficient (Wildman–Crippen LogP) is 2.85. The summed E-state index contributed by atoms with van der Waals surface area (Å²) in [7, 11) is -4.78. The molecule has 9 heteroatoms. The van der Waals surface area contributed by atoms with Gasteiger partial charge in [0.05, 0.1) is 12.2 Å². The summed E-state index contributed by atoms with van der Waals surface area (Å²) in [6, 6.07) is 2.14. The Hall–Kier alpha value is -2.10. The van der Waals surface area contributed by atoms with Crippen molar-refractivity contribution < 1.29 is 36.9 Å². The molecule has 0 saturated carbocycles. The molecular weight excluding hydrogens is 376 g/mol. The average Bonchev–Trinajstić information content (AvgIpc) is 2.51. The van der Waals surface area contributed by atoms with Crippen molar-refractivity contribution in [3.8, 4) is 11.5 Å². The Labute approximate surface area is 158 Å². The molecule has 0 unspecified atom stereocenters. The Morgan fingerprint density at radius 2 is 1.89 bits per heavy atom. The number of hydrogen-bond acceptors (Lipinski definition) is 7. The first-order valence-corrected chi connectivity index (χ1v) is 10.1. The number of ether oxygens (including phenoxy) is 1. The predicted molar refractivity (Wildman–Crippen MR) is 97.9 cm³/mol. The number of benzene rings is 1. The number of esters is 1. The summed E-state index contributed by atoms with van der Waals surface area (Å²) in [5.41, 5.74) is 0.0846. The fraction of sp³-hybridized carbons (Fsp3) is 0.500. The lowest BCUT2D eigenvalue weighted by Gasteiger charge is -2.17. The SMILES string of the molecule is C[C@H]1CCC[C@H](O)CCCC=Cc2cc(OS(=O)(=O)O)cc(O)c2C(=O)O1. The summed E-state index contributed by atoms with van der Waals surface area (Å²) in [5, 5.41) is 20.1. The van der Waals surface area contributed by atoms with Crippen LogP contribution in [0.2, 0.25) is 0 Å². The number of aliphatic hydroxyl groups is 1. The Morgan fingerprint density at radius 1 is 1.19 bits per heavy atom. The molecule has 150 valence electrons. The van der Waals surface area contributed by atoms with Gasteiger partial charge < -0.3 is 19.1 Å².